The summed E-state index contributed by atoms with van der Waals surface area (Å²) < 4.78 is 0. The molecule has 2 amide bonds. The summed E-state index contributed by atoms with van der Waals surface area (Å²) in [7, 11) is 0. The number of nitrogens with zero attached hydrogens (tertiary/aromatic N) is 1. The van der Waals surface area contributed by atoms with Crippen molar-refractivity contribution in [1.82, 2.24) is 10.2 Å². The van der Waals surface area contributed by atoms with Gasteiger partial charge in [0.15, 0.2) is 0 Å². The van der Waals surface area contributed by atoms with Crippen LogP contribution in [0.15, 0.2) is 91.0 Å². The molecule has 0 aliphatic heterocycles. The lowest BCUT2D eigenvalue weighted by molar-refractivity contribution is -0.146. The van der Waals surface area contributed by atoms with Gasteiger partial charge in [-0.05, 0) is 16.7 Å². The molecule has 0 aliphatic carbocycles. The summed E-state index contributed by atoms with van der Waals surface area (Å²) in [6.45, 7) is 0.129. The van der Waals surface area contributed by atoms with Crippen LogP contribution < -0.4 is 5.32 Å². The van der Waals surface area contributed by atoms with Crippen LogP contribution in [0.25, 0.3) is 0 Å². The summed E-state index contributed by atoms with van der Waals surface area (Å²) in [6, 6.07) is 28.0. The minimum absolute atomic E-state index is 0.0858. The summed E-state index contributed by atoms with van der Waals surface area (Å²) >= 11 is 0. The van der Waals surface area contributed by atoms with E-state index in [0.29, 0.717) is 0 Å². The Kier molecular flexibility index (Phi) is 7.14. The fourth-order valence-corrected chi connectivity index (χ4v) is 3.16. The maximum absolute atomic E-state index is 12.8. The van der Waals surface area contributed by atoms with Gasteiger partial charge in [-0.15, -0.1) is 0 Å². The predicted molar refractivity (Wildman–Crippen MR) is 112 cm³/mol. The summed E-state index contributed by atoms with van der Waals surface area (Å²) in [5.74, 6) is -1.37. The molecule has 0 fully saturated rings. The average molecular weight is 388 g/mol. The first kappa shape index (κ1) is 20.3. The summed E-state index contributed by atoms with van der Waals surface area (Å²) in [6.07, 6.45) is 0. The van der Waals surface area contributed by atoms with Crippen LogP contribution in [0.2, 0.25) is 0 Å². The van der Waals surface area contributed by atoms with E-state index in [-0.39, 0.29) is 19.7 Å². The van der Waals surface area contributed by atoms with Gasteiger partial charge in [0.2, 0.25) is 0 Å². The Balaban J connectivity index is 1.79. The molecule has 0 saturated carbocycles. The standard InChI is InChI=1S/C24H24N2O3/c27-17-16-26(18-19-10-4-1-5-11-19)24(29)23(28)25-22(20-12-6-2-7-13-20)21-14-8-3-9-15-21/h1-15,22,27H,16-18H2,(H,25,28). The molecule has 29 heavy (non-hydrogen) atoms. The van der Waals surface area contributed by atoms with E-state index in [9.17, 15) is 14.7 Å². The third-order valence-corrected chi connectivity index (χ3v) is 4.61. The molecule has 2 N–H and O–H groups in total. The number of benzene rings is 3. The zero-order chi connectivity index (χ0) is 20.5. The number of carbonyl (C=O) groups excluding carboxylic acids is 2. The molecule has 5 nitrogen and oxygen atoms in total. The first-order chi connectivity index (χ1) is 14.2. The second kappa shape index (κ2) is 10.2. The van der Waals surface area contributed by atoms with Crippen LogP contribution >= 0.6 is 0 Å². The lowest BCUT2D eigenvalue weighted by Crippen LogP contribution is -2.45. The molecule has 0 spiro atoms. The number of aliphatic hydroxyl groups excluding tert-OH is 1. The van der Waals surface area contributed by atoms with Crippen molar-refractivity contribution in [3.8, 4) is 0 Å². The van der Waals surface area contributed by atoms with Gasteiger partial charge in [-0.25, -0.2) is 0 Å². The Morgan fingerprint density at radius 1 is 0.793 bits per heavy atom. The molecule has 3 aromatic carbocycles. The first-order valence-corrected chi connectivity index (χ1v) is 9.53. The second-order valence-corrected chi connectivity index (χ2v) is 6.66. The quantitative estimate of drug-likeness (QED) is 0.612. The Morgan fingerprint density at radius 3 is 1.76 bits per heavy atom. The lowest BCUT2D eigenvalue weighted by Gasteiger charge is -2.24. The van der Waals surface area contributed by atoms with E-state index < -0.39 is 17.9 Å². The van der Waals surface area contributed by atoms with E-state index in [1.165, 1.54) is 4.90 Å². The van der Waals surface area contributed by atoms with Gasteiger partial charge < -0.3 is 15.3 Å². The molecule has 0 bridgehead atoms. The van der Waals surface area contributed by atoms with E-state index in [1.807, 2.05) is 91.0 Å². The number of hydrogen-bond donors (Lipinski definition) is 2. The second-order valence-electron chi connectivity index (χ2n) is 6.66. The highest BCUT2D eigenvalue weighted by Gasteiger charge is 2.25. The van der Waals surface area contributed by atoms with Gasteiger partial charge in [0.1, 0.15) is 0 Å². The van der Waals surface area contributed by atoms with Crippen molar-refractivity contribution in [3.63, 3.8) is 0 Å². The van der Waals surface area contributed by atoms with Gasteiger partial charge in [0, 0.05) is 13.1 Å². The monoisotopic (exact) mass is 388 g/mol. The smallest absolute Gasteiger partial charge is 0.312 e. The van der Waals surface area contributed by atoms with E-state index in [4.69, 9.17) is 0 Å². The molecule has 3 aromatic rings. The molecule has 5 heteroatoms. The first-order valence-electron chi connectivity index (χ1n) is 9.53. The van der Waals surface area contributed by atoms with Crippen LogP contribution in [0.1, 0.15) is 22.7 Å². The fraction of sp³-hybridized carbons (Fsp3) is 0.167. The molecule has 3 rings (SSSR count). The number of amides is 2. The zero-order valence-corrected chi connectivity index (χ0v) is 16.1. The molecule has 0 atom stereocenters. The third kappa shape index (κ3) is 5.53. The predicted octanol–water partition coefficient (Wildman–Crippen LogP) is 2.91. The normalized spacial score (nSPS) is 10.6. The Labute approximate surface area is 170 Å². The van der Waals surface area contributed by atoms with Crippen molar-refractivity contribution in [2.75, 3.05) is 13.2 Å². The van der Waals surface area contributed by atoms with Crippen LogP contribution in [0.5, 0.6) is 0 Å². The molecule has 0 aliphatic rings. The zero-order valence-electron chi connectivity index (χ0n) is 16.1. The van der Waals surface area contributed by atoms with Gasteiger partial charge in [-0.1, -0.05) is 91.0 Å². The molecule has 0 heterocycles. The van der Waals surface area contributed by atoms with Gasteiger partial charge in [0.25, 0.3) is 0 Å². The van der Waals surface area contributed by atoms with E-state index in [0.717, 1.165) is 16.7 Å². The topological polar surface area (TPSA) is 69.6 Å². The summed E-state index contributed by atoms with van der Waals surface area (Å²) in [5, 5.41) is 12.2. The van der Waals surface area contributed by atoms with E-state index in [2.05, 4.69) is 5.32 Å². The van der Waals surface area contributed by atoms with Crippen molar-refractivity contribution in [3.05, 3.63) is 108 Å². The van der Waals surface area contributed by atoms with Crippen LogP contribution in [0, 0.1) is 0 Å². The minimum atomic E-state index is -0.702. The number of rotatable bonds is 7. The highest BCUT2D eigenvalue weighted by Crippen LogP contribution is 2.21. The van der Waals surface area contributed by atoms with Crippen molar-refractivity contribution in [2.24, 2.45) is 0 Å². The number of aliphatic hydroxyl groups is 1. The third-order valence-electron chi connectivity index (χ3n) is 4.61. The highest BCUT2D eigenvalue weighted by atomic mass is 16.3. The maximum Gasteiger partial charge on any atom is 0.312 e. The number of hydrogen-bond acceptors (Lipinski definition) is 3. The van der Waals surface area contributed by atoms with Crippen LogP contribution in [-0.4, -0.2) is 35.0 Å². The van der Waals surface area contributed by atoms with Crippen LogP contribution in [0.3, 0.4) is 0 Å². The van der Waals surface area contributed by atoms with Gasteiger partial charge in [-0.2, -0.15) is 0 Å². The molecular formula is C24H24N2O3. The largest absolute Gasteiger partial charge is 0.395 e. The SMILES string of the molecule is O=C(NC(c1ccccc1)c1ccccc1)C(=O)N(CCO)Cc1ccccc1. The van der Waals surface area contributed by atoms with Gasteiger partial charge >= 0.3 is 11.8 Å². The fourth-order valence-electron chi connectivity index (χ4n) is 3.16. The summed E-state index contributed by atoms with van der Waals surface area (Å²) in [4.78, 5) is 27.0. The molecule has 0 saturated heterocycles. The Bertz CT molecular complexity index is 875. The molecular weight excluding hydrogens is 364 g/mol. The van der Waals surface area contributed by atoms with Crippen molar-refractivity contribution < 1.29 is 14.7 Å². The minimum Gasteiger partial charge on any atom is -0.395 e. The Morgan fingerprint density at radius 2 is 1.28 bits per heavy atom. The van der Waals surface area contributed by atoms with Gasteiger partial charge in [0.05, 0.1) is 12.6 Å². The average Bonchev–Trinajstić information content (AvgIpc) is 2.78. The molecule has 0 radical (unpaired) electrons. The lowest BCUT2D eigenvalue weighted by atomic mass is 9.98. The molecule has 0 unspecified atom stereocenters. The van der Waals surface area contributed by atoms with Crippen molar-refractivity contribution in [2.45, 2.75) is 12.6 Å². The molecule has 0 aromatic heterocycles. The Hall–Kier alpha value is -3.44. The van der Waals surface area contributed by atoms with Crippen LogP contribution in [0.4, 0.5) is 0 Å². The van der Waals surface area contributed by atoms with Crippen molar-refractivity contribution >= 4 is 11.8 Å². The number of nitrogens with one attached hydrogen (secondary N) is 1. The van der Waals surface area contributed by atoms with Gasteiger partial charge in [-0.3, -0.25) is 9.59 Å². The number of carbonyl (C=O) groups is 2. The van der Waals surface area contributed by atoms with Crippen LogP contribution in [-0.2, 0) is 16.1 Å². The maximum atomic E-state index is 12.8. The van der Waals surface area contributed by atoms with E-state index in [1.54, 1.807) is 0 Å². The molecule has 148 valence electrons. The summed E-state index contributed by atoms with van der Waals surface area (Å²) in [5.41, 5.74) is 2.66. The van der Waals surface area contributed by atoms with Crippen molar-refractivity contribution in [1.29, 1.82) is 0 Å². The highest BCUT2D eigenvalue weighted by molar-refractivity contribution is 6.35. The van der Waals surface area contributed by atoms with E-state index >= 15 is 0 Å².